The number of anilines is 2. The fraction of sp³-hybridized carbons (Fsp3) is 0.400. The molecule has 1 aliphatic rings. The van der Waals surface area contributed by atoms with Crippen LogP contribution in [0.1, 0.15) is 18.7 Å². The van der Waals surface area contributed by atoms with Gasteiger partial charge in [0.1, 0.15) is 24.6 Å². The van der Waals surface area contributed by atoms with Crippen LogP contribution < -0.4 is 20.6 Å². The number of benzene rings is 1. The average molecular weight is 459 g/mol. The lowest BCUT2D eigenvalue weighted by molar-refractivity contribution is -0.0501. The summed E-state index contributed by atoms with van der Waals surface area (Å²) in [6.45, 7) is 1.92. The third kappa shape index (κ3) is 4.26. The molecule has 4 rings (SSSR count). The van der Waals surface area contributed by atoms with Crippen LogP contribution in [0, 0.1) is 0 Å². The number of aliphatic hydroxyl groups excluding tert-OH is 3. The smallest absolute Gasteiger partial charge is 0.228 e. The molecule has 1 fully saturated rings. The van der Waals surface area contributed by atoms with Gasteiger partial charge in [0.05, 0.1) is 26.5 Å². The molecule has 0 radical (unpaired) electrons. The van der Waals surface area contributed by atoms with Crippen molar-refractivity contribution in [1.29, 1.82) is 0 Å². The molecule has 2 aromatic heterocycles. The Morgan fingerprint density at radius 3 is 2.79 bits per heavy atom. The number of methoxy groups -OCH3 is 1. The Labute approximate surface area is 188 Å². The maximum absolute atomic E-state index is 10.5. The van der Waals surface area contributed by atoms with Crippen LogP contribution in [0.25, 0.3) is 11.2 Å². The van der Waals surface area contributed by atoms with E-state index in [9.17, 15) is 15.3 Å². The fourth-order valence-corrected chi connectivity index (χ4v) is 3.54. The first-order valence-corrected chi connectivity index (χ1v) is 10.2. The molecular formula is C20H25N7O6. The number of hydrazone groups is 1. The Balaban J connectivity index is 1.66. The van der Waals surface area contributed by atoms with Gasteiger partial charge in [-0.15, -0.1) is 0 Å². The molecule has 3 aromatic rings. The van der Waals surface area contributed by atoms with Crippen LogP contribution in [0.4, 0.5) is 11.8 Å². The summed E-state index contributed by atoms with van der Waals surface area (Å²) in [5.41, 5.74) is 9.96. The molecule has 0 aliphatic carbocycles. The van der Waals surface area contributed by atoms with E-state index in [0.29, 0.717) is 18.1 Å². The highest BCUT2D eigenvalue weighted by atomic mass is 16.6. The van der Waals surface area contributed by atoms with Crippen LogP contribution in [0.3, 0.4) is 0 Å². The summed E-state index contributed by atoms with van der Waals surface area (Å²) in [4.78, 5) is 12.5. The van der Waals surface area contributed by atoms with Gasteiger partial charge in [-0.05, 0) is 30.7 Å². The van der Waals surface area contributed by atoms with Crippen molar-refractivity contribution in [3.05, 3.63) is 30.1 Å². The quantitative estimate of drug-likeness (QED) is 0.223. The van der Waals surface area contributed by atoms with Crippen LogP contribution in [0.15, 0.2) is 29.6 Å². The van der Waals surface area contributed by atoms with Crippen molar-refractivity contribution >= 4 is 29.1 Å². The van der Waals surface area contributed by atoms with Gasteiger partial charge in [0.2, 0.25) is 5.95 Å². The predicted octanol–water partition coefficient (Wildman–Crippen LogP) is -0.127. The number of nitrogens with zero attached hydrogens (tertiary/aromatic N) is 5. The first kappa shape index (κ1) is 22.7. The van der Waals surface area contributed by atoms with Gasteiger partial charge in [0, 0.05) is 0 Å². The summed E-state index contributed by atoms with van der Waals surface area (Å²) in [6.07, 6.45) is -1.95. The Bertz CT molecular complexity index is 1150. The average Bonchev–Trinajstić information content (AvgIpc) is 3.32. The Hall–Kier alpha value is -3.52. The minimum Gasteiger partial charge on any atom is -0.493 e. The number of hydrogen-bond donors (Lipinski definition) is 5. The van der Waals surface area contributed by atoms with E-state index in [1.165, 1.54) is 17.1 Å². The Morgan fingerprint density at radius 2 is 2.09 bits per heavy atom. The molecule has 0 amide bonds. The highest BCUT2D eigenvalue weighted by Crippen LogP contribution is 2.35. The number of nitrogens with two attached hydrogens (primary N) is 1. The van der Waals surface area contributed by atoms with E-state index in [0.717, 1.165) is 5.56 Å². The Morgan fingerprint density at radius 1 is 1.27 bits per heavy atom. The standard InChI is InChI=1S/C20H25N7O6/c1-3-32-11-5-4-10(6-12(11)31-2)7-24-26-20-25-14-17(21)22-9-23-18(14)27(20)19-16(30)15(29)13(8-28)33-19/h4-7,9,13,15-16,19,28-30H,3,8H2,1-2H3,(H,25,26)(H2,21,22,23)/t13-,15+,16-,19+/m0/s1. The number of imidazole rings is 1. The first-order valence-electron chi connectivity index (χ1n) is 10.2. The molecular weight excluding hydrogens is 434 g/mol. The van der Waals surface area contributed by atoms with E-state index in [1.807, 2.05) is 6.92 Å². The van der Waals surface area contributed by atoms with Crippen molar-refractivity contribution in [3.63, 3.8) is 0 Å². The molecule has 0 spiro atoms. The van der Waals surface area contributed by atoms with Crippen molar-refractivity contribution in [2.45, 2.75) is 31.5 Å². The number of fused-ring (bicyclic) bond motifs is 1. The van der Waals surface area contributed by atoms with E-state index < -0.39 is 31.1 Å². The topological polar surface area (TPSA) is 182 Å². The van der Waals surface area contributed by atoms with Crippen molar-refractivity contribution in [2.75, 3.05) is 31.5 Å². The van der Waals surface area contributed by atoms with Crippen LogP contribution in [-0.2, 0) is 4.74 Å². The van der Waals surface area contributed by atoms with Crippen molar-refractivity contribution < 1.29 is 29.5 Å². The van der Waals surface area contributed by atoms with Crippen LogP contribution in [0.5, 0.6) is 11.5 Å². The number of rotatable bonds is 8. The molecule has 1 aromatic carbocycles. The van der Waals surface area contributed by atoms with E-state index >= 15 is 0 Å². The third-order valence-corrected chi connectivity index (χ3v) is 5.14. The molecule has 13 nitrogen and oxygen atoms in total. The zero-order valence-corrected chi connectivity index (χ0v) is 18.0. The number of nitrogens with one attached hydrogen (secondary N) is 1. The van der Waals surface area contributed by atoms with Gasteiger partial charge in [0.15, 0.2) is 34.7 Å². The maximum atomic E-state index is 10.5. The molecule has 0 unspecified atom stereocenters. The van der Waals surface area contributed by atoms with Gasteiger partial charge < -0.3 is 35.3 Å². The minimum atomic E-state index is -1.35. The third-order valence-electron chi connectivity index (χ3n) is 5.14. The fourth-order valence-electron chi connectivity index (χ4n) is 3.54. The first-order chi connectivity index (χ1) is 16.0. The molecule has 3 heterocycles. The molecule has 0 saturated carbocycles. The molecule has 1 saturated heterocycles. The largest absolute Gasteiger partial charge is 0.493 e. The summed E-state index contributed by atoms with van der Waals surface area (Å²) in [7, 11) is 1.55. The predicted molar refractivity (Wildman–Crippen MR) is 118 cm³/mol. The lowest BCUT2D eigenvalue weighted by atomic mass is 10.1. The normalized spacial score (nSPS) is 22.8. The van der Waals surface area contributed by atoms with Crippen molar-refractivity contribution in [2.24, 2.45) is 5.10 Å². The molecule has 0 bridgehead atoms. The second-order valence-corrected chi connectivity index (χ2v) is 7.18. The second-order valence-electron chi connectivity index (χ2n) is 7.18. The van der Waals surface area contributed by atoms with E-state index in [4.69, 9.17) is 19.9 Å². The summed E-state index contributed by atoms with van der Waals surface area (Å²) >= 11 is 0. The summed E-state index contributed by atoms with van der Waals surface area (Å²) in [5.74, 6) is 1.43. The lowest BCUT2D eigenvalue weighted by Gasteiger charge is -2.18. The SMILES string of the molecule is CCOc1ccc(C=NNc2nc3c(N)ncnc3n2[C@@H]2O[C@@H](CO)[C@@H](O)[C@@H]2O)cc1OC. The summed E-state index contributed by atoms with van der Waals surface area (Å²) < 4.78 is 17.9. The van der Waals surface area contributed by atoms with Gasteiger partial charge in [-0.2, -0.15) is 5.10 Å². The maximum Gasteiger partial charge on any atom is 0.228 e. The molecule has 33 heavy (non-hydrogen) atoms. The van der Waals surface area contributed by atoms with E-state index in [2.05, 4.69) is 25.5 Å². The molecule has 13 heteroatoms. The summed E-state index contributed by atoms with van der Waals surface area (Å²) in [6, 6.07) is 5.33. The highest BCUT2D eigenvalue weighted by molar-refractivity contribution is 5.85. The van der Waals surface area contributed by atoms with Crippen LogP contribution in [-0.4, -0.2) is 79.7 Å². The molecule has 4 atom stereocenters. The van der Waals surface area contributed by atoms with Crippen molar-refractivity contribution in [3.8, 4) is 11.5 Å². The number of ether oxygens (including phenoxy) is 3. The molecule has 176 valence electrons. The van der Waals surface area contributed by atoms with Gasteiger partial charge in [-0.1, -0.05) is 0 Å². The number of aliphatic hydroxyl groups is 3. The van der Waals surface area contributed by atoms with Gasteiger partial charge in [0.25, 0.3) is 0 Å². The lowest BCUT2D eigenvalue weighted by Crippen LogP contribution is -2.33. The van der Waals surface area contributed by atoms with Gasteiger partial charge >= 0.3 is 0 Å². The van der Waals surface area contributed by atoms with Gasteiger partial charge in [-0.3, -0.25) is 4.57 Å². The number of hydrogen-bond acceptors (Lipinski definition) is 12. The minimum absolute atomic E-state index is 0.119. The monoisotopic (exact) mass is 459 g/mol. The van der Waals surface area contributed by atoms with Crippen molar-refractivity contribution in [1.82, 2.24) is 19.5 Å². The highest BCUT2D eigenvalue weighted by Gasteiger charge is 2.45. The zero-order valence-electron chi connectivity index (χ0n) is 18.0. The van der Waals surface area contributed by atoms with Crippen LogP contribution in [0.2, 0.25) is 0 Å². The van der Waals surface area contributed by atoms with E-state index in [-0.39, 0.29) is 22.9 Å². The molecule has 1 aliphatic heterocycles. The zero-order chi connectivity index (χ0) is 23.5. The van der Waals surface area contributed by atoms with Gasteiger partial charge in [-0.25, -0.2) is 20.4 Å². The second kappa shape index (κ2) is 9.54. The van der Waals surface area contributed by atoms with E-state index in [1.54, 1.807) is 25.3 Å². The summed E-state index contributed by atoms with van der Waals surface area (Å²) in [5, 5.41) is 34.3. The molecule has 6 N–H and O–H groups in total. The number of nitrogen functional groups attached to an aromatic ring is 1. The number of aromatic nitrogens is 4. The Kier molecular flexibility index (Phi) is 6.55. The van der Waals surface area contributed by atoms with Crippen LogP contribution >= 0.6 is 0 Å².